The molecule has 0 saturated heterocycles. The van der Waals surface area contributed by atoms with Gasteiger partial charge in [0.15, 0.2) is 0 Å². The maximum Gasteiger partial charge on any atom is 0.123 e. The molecule has 2 unspecified atom stereocenters. The highest BCUT2D eigenvalue weighted by atomic mass is 19.1. The van der Waals surface area contributed by atoms with Gasteiger partial charge in [0.1, 0.15) is 17.7 Å². The molecule has 0 saturated carbocycles. The Hall–Kier alpha value is -1.09. The molecule has 1 heterocycles. The van der Waals surface area contributed by atoms with Gasteiger partial charge in [-0.25, -0.2) is 4.39 Å². The van der Waals surface area contributed by atoms with Gasteiger partial charge in [0, 0.05) is 12.0 Å². The van der Waals surface area contributed by atoms with E-state index in [0.717, 1.165) is 24.2 Å². The Bertz CT molecular complexity index is 353. The smallest absolute Gasteiger partial charge is 0.123 e. The van der Waals surface area contributed by atoms with Crippen molar-refractivity contribution in [2.75, 3.05) is 6.54 Å². The van der Waals surface area contributed by atoms with E-state index in [1.807, 2.05) is 0 Å². The molecule has 15 heavy (non-hydrogen) atoms. The number of ether oxygens (including phenoxy) is 1. The average molecular weight is 209 g/mol. The maximum atomic E-state index is 12.9. The molecule has 1 aromatic rings. The second-order valence-corrected chi connectivity index (χ2v) is 4.27. The number of hydrogen-bond acceptors (Lipinski definition) is 2. The first-order chi connectivity index (χ1) is 7.19. The number of benzene rings is 1. The predicted octanol–water partition coefficient (Wildman–Crippen LogP) is 2.11. The summed E-state index contributed by atoms with van der Waals surface area (Å²) in [5.74, 6) is 1.09. The van der Waals surface area contributed by atoms with Crippen LogP contribution in [0.5, 0.6) is 5.75 Å². The van der Waals surface area contributed by atoms with Crippen LogP contribution in [-0.2, 0) is 6.42 Å². The molecule has 0 aromatic heterocycles. The van der Waals surface area contributed by atoms with Crippen LogP contribution >= 0.6 is 0 Å². The molecular formula is C12H16FNO. The molecule has 2 atom stereocenters. The highest BCUT2D eigenvalue weighted by Crippen LogP contribution is 2.31. The molecule has 1 aliphatic rings. The van der Waals surface area contributed by atoms with Gasteiger partial charge in [0.2, 0.25) is 0 Å². The van der Waals surface area contributed by atoms with Crippen molar-refractivity contribution in [3.05, 3.63) is 29.6 Å². The van der Waals surface area contributed by atoms with Gasteiger partial charge >= 0.3 is 0 Å². The standard InChI is InChI=1S/C12H16FNO/c1-8(7-14)4-11-6-9-5-10(13)2-3-12(9)15-11/h2-3,5,8,11H,4,6-7,14H2,1H3. The van der Waals surface area contributed by atoms with Crippen molar-refractivity contribution >= 4 is 0 Å². The summed E-state index contributed by atoms with van der Waals surface area (Å²) in [6.07, 6.45) is 1.91. The summed E-state index contributed by atoms with van der Waals surface area (Å²) < 4.78 is 18.7. The first-order valence-corrected chi connectivity index (χ1v) is 5.34. The van der Waals surface area contributed by atoms with E-state index in [2.05, 4.69) is 6.92 Å². The first-order valence-electron chi connectivity index (χ1n) is 5.34. The Morgan fingerprint density at radius 2 is 2.40 bits per heavy atom. The van der Waals surface area contributed by atoms with Crippen LogP contribution in [0.25, 0.3) is 0 Å². The van der Waals surface area contributed by atoms with Crippen molar-refractivity contribution in [1.29, 1.82) is 0 Å². The van der Waals surface area contributed by atoms with Crippen molar-refractivity contribution in [3.8, 4) is 5.75 Å². The predicted molar refractivity (Wildman–Crippen MR) is 57.4 cm³/mol. The number of rotatable bonds is 3. The second-order valence-electron chi connectivity index (χ2n) is 4.27. The molecule has 1 aromatic carbocycles. The van der Waals surface area contributed by atoms with E-state index in [0.29, 0.717) is 12.5 Å². The van der Waals surface area contributed by atoms with Crippen LogP contribution in [-0.4, -0.2) is 12.6 Å². The van der Waals surface area contributed by atoms with Gasteiger partial charge in [-0.3, -0.25) is 0 Å². The van der Waals surface area contributed by atoms with Crippen molar-refractivity contribution in [2.45, 2.75) is 25.9 Å². The number of hydrogen-bond donors (Lipinski definition) is 1. The zero-order valence-electron chi connectivity index (χ0n) is 8.87. The second kappa shape index (κ2) is 4.19. The van der Waals surface area contributed by atoms with E-state index in [9.17, 15) is 4.39 Å². The van der Waals surface area contributed by atoms with Gasteiger partial charge in [-0.05, 0) is 37.1 Å². The highest BCUT2D eigenvalue weighted by Gasteiger charge is 2.24. The molecule has 0 spiro atoms. The Balaban J connectivity index is 2.03. The Labute approximate surface area is 89.2 Å². The van der Waals surface area contributed by atoms with Crippen molar-refractivity contribution in [1.82, 2.24) is 0 Å². The van der Waals surface area contributed by atoms with E-state index < -0.39 is 0 Å². The summed E-state index contributed by atoms with van der Waals surface area (Å²) >= 11 is 0. The van der Waals surface area contributed by atoms with Gasteiger partial charge in [-0.15, -0.1) is 0 Å². The van der Waals surface area contributed by atoms with Crippen LogP contribution in [0.3, 0.4) is 0 Å². The summed E-state index contributed by atoms with van der Waals surface area (Å²) in [6.45, 7) is 2.78. The molecule has 3 heteroatoms. The van der Waals surface area contributed by atoms with Gasteiger partial charge in [-0.2, -0.15) is 0 Å². The average Bonchev–Trinajstić information content (AvgIpc) is 2.59. The van der Waals surface area contributed by atoms with Gasteiger partial charge in [0.25, 0.3) is 0 Å². The SMILES string of the molecule is CC(CN)CC1Cc2cc(F)ccc2O1. The van der Waals surface area contributed by atoms with Crippen LogP contribution < -0.4 is 10.5 Å². The lowest BCUT2D eigenvalue weighted by Gasteiger charge is -2.14. The van der Waals surface area contributed by atoms with Crippen molar-refractivity contribution in [3.63, 3.8) is 0 Å². The molecule has 0 amide bonds. The Kier molecular flexibility index (Phi) is 2.91. The van der Waals surface area contributed by atoms with Crippen LogP contribution in [0.4, 0.5) is 4.39 Å². The number of halogens is 1. The summed E-state index contributed by atoms with van der Waals surface area (Å²) in [6, 6.07) is 4.70. The minimum absolute atomic E-state index is 0.167. The molecule has 2 N–H and O–H groups in total. The number of nitrogens with two attached hydrogens (primary N) is 1. The zero-order chi connectivity index (χ0) is 10.8. The molecule has 0 aliphatic carbocycles. The summed E-state index contributed by atoms with van der Waals surface area (Å²) in [5, 5.41) is 0. The molecular weight excluding hydrogens is 193 g/mol. The minimum atomic E-state index is -0.190. The van der Waals surface area contributed by atoms with E-state index in [-0.39, 0.29) is 11.9 Å². The fourth-order valence-corrected chi connectivity index (χ4v) is 1.97. The van der Waals surface area contributed by atoms with Crippen molar-refractivity contribution < 1.29 is 9.13 Å². The monoisotopic (exact) mass is 209 g/mol. The highest BCUT2D eigenvalue weighted by molar-refractivity contribution is 5.37. The minimum Gasteiger partial charge on any atom is -0.490 e. The van der Waals surface area contributed by atoms with E-state index >= 15 is 0 Å². The topological polar surface area (TPSA) is 35.2 Å². The largest absolute Gasteiger partial charge is 0.490 e. The molecule has 2 rings (SSSR count). The fourth-order valence-electron chi connectivity index (χ4n) is 1.97. The maximum absolute atomic E-state index is 12.9. The third-order valence-electron chi connectivity index (χ3n) is 2.83. The van der Waals surface area contributed by atoms with Crippen molar-refractivity contribution in [2.24, 2.45) is 11.7 Å². The van der Waals surface area contributed by atoms with Gasteiger partial charge < -0.3 is 10.5 Å². The lowest BCUT2D eigenvalue weighted by molar-refractivity contribution is 0.199. The third kappa shape index (κ3) is 2.29. The fraction of sp³-hybridized carbons (Fsp3) is 0.500. The lowest BCUT2D eigenvalue weighted by Crippen LogP contribution is -2.21. The van der Waals surface area contributed by atoms with Gasteiger partial charge in [0.05, 0.1) is 0 Å². The van der Waals surface area contributed by atoms with E-state index in [4.69, 9.17) is 10.5 Å². The Morgan fingerprint density at radius 1 is 1.60 bits per heavy atom. The molecule has 0 radical (unpaired) electrons. The zero-order valence-corrected chi connectivity index (χ0v) is 8.87. The molecule has 0 fully saturated rings. The van der Waals surface area contributed by atoms with Crippen LogP contribution in [0.2, 0.25) is 0 Å². The number of fused-ring (bicyclic) bond motifs is 1. The van der Waals surface area contributed by atoms with E-state index in [1.54, 1.807) is 12.1 Å². The van der Waals surface area contributed by atoms with Crippen LogP contribution in [0.15, 0.2) is 18.2 Å². The normalized spacial score (nSPS) is 20.9. The lowest BCUT2D eigenvalue weighted by atomic mass is 10.0. The summed E-state index contributed by atoms with van der Waals surface area (Å²) in [7, 11) is 0. The summed E-state index contributed by atoms with van der Waals surface area (Å²) in [4.78, 5) is 0. The third-order valence-corrected chi connectivity index (χ3v) is 2.83. The molecule has 2 nitrogen and oxygen atoms in total. The molecule has 1 aliphatic heterocycles. The van der Waals surface area contributed by atoms with Crippen LogP contribution in [0.1, 0.15) is 18.9 Å². The Morgan fingerprint density at radius 3 is 3.13 bits per heavy atom. The molecule has 82 valence electrons. The first kappa shape index (κ1) is 10.4. The van der Waals surface area contributed by atoms with Gasteiger partial charge in [-0.1, -0.05) is 6.92 Å². The quantitative estimate of drug-likeness (QED) is 0.827. The summed E-state index contributed by atoms with van der Waals surface area (Å²) in [5.41, 5.74) is 6.54. The molecule has 0 bridgehead atoms. The van der Waals surface area contributed by atoms with E-state index in [1.165, 1.54) is 6.07 Å². The van der Waals surface area contributed by atoms with Crippen LogP contribution in [0, 0.1) is 11.7 Å².